The number of nitrogens with zero attached hydrogens (tertiary/aromatic N) is 1. The van der Waals surface area contributed by atoms with Crippen molar-refractivity contribution in [2.45, 2.75) is 33.2 Å². The third kappa shape index (κ3) is 3.82. The number of aryl methyl sites for hydroxylation is 1. The maximum Gasteiger partial charge on any atom is 0.263 e. The molecule has 0 atom stereocenters. The normalized spacial score (nSPS) is 10.7. The van der Waals surface area contributed by atoms with E-state index in [-0.39, 0.29) is 5.91 Å². The van der Waals surface area contributed by atoms with Crippen LogP contribution in [0.25, 0.3) is 0 Å². The molecule has 1 aromatic heterocycles. The molecule has 0 radical (unpaired) electrons. The van der Waals surface area contributed by atoms with Gasteiger partial charge in [0.25, 0.3) is 5.91 Å². The van der Waals surface area contributed by atoms with E-state index in [1.807, 2.05) is 31.2 Å². The zero-order chi connectivity index (χ0) is 15.4. The van der Waals surface area contributed by atoms with Crippen molar-refractivity contribution in [3.05, 3.63) is 45.4 Å². The van der Waals surface area contributed by atoms with Crippen molar-refractivity contribution in [2.75, 3.05) is 7.11 Å². The van der Waals surface area contributed by atoms with Gasteiger partial charge < -0.3 is 10.1 Å². The minimum absolute atomic E-state index is 0.0697. The largest absolute Gasteiger partial charge is 0.497 e. The molecule has 1 heterocycles. The highest BCUT2D eigenvalue weighted by molar-refractivity contribution is 7.13. The first kappa shape index (κ1) is 15.5. The highest BCUT2D eigenvalue weighted by Gasteiger charge is 2.16. The lowest BCUT2D eigenvalue weighted by Gasteiger charge is -2.06. The van der Waals surface area contributed by atoms with Gasteiger partial charge in [0.2, 0.25) is 0 Å². The van der Waals surface area contributed by atoms with Crippen LogP contribution >= 0.6 is 11.3 Å². The lowest BCUT2D eigenvalue weighted by atomic mass is 10.2. The van der Waals surface area contributed by atoms with Crippen LogP contribution in [-0.2, 0) is 6.54 Å². The van der Waals surface area contributed by atoms with Crippen molar-refractivity contribution in [2.24, 2.45) is 0 Å². The number of hydrogen-bond donors (Lipinski definition) is 1. The van der Waals surface area contributed by atoms with E-state index in [9.17, 15) is 4.79 Å². The Bertz CT molecular complexity index is 635. The molecule has 4 nitrogen and oxygen atoms in total. The Balaban J connectivity index is 2.04. The molecule has 1 amide bonds. The maximum absolute atomic E-state index is 12.3. The summed E-state index contributed by atoms with van der Waals surface area (Å²) in [5.74, 6) is 1.06. The smallest absolute Gasteiger partial charge is 0.263 e. The van der Waals surface area contributed by atoms with Gasteiger partial charge in [0.1, 0.15) is 10.6 Å². The quantitative estimate of drug-likeness (QED) is 0.919. The van der Waals surface area contributed by atoms with Crippen molar-refractivity contribution in [1.29, 1.82) is 0 Å². The number of nitrogens with one attached hydrogen (secondary N) is 1. The lowest BCUT2D eigenvalue weighted by Crippen LogP contribution is -2.22. The number of carbonyl (C=O) groups excluding carboxylic acids is 1. The molecule has 0 spiro atoms. The van der Waals surface area contributed by atoms with Crippen LogP contribution in [0.1, 0.15) is 45.7 Å². The van der Waals surface area contributed by atoms with Crippen molar-refractivity contribution in [3.63, 3.8) is 0 Å². The Morgan fingerprint density at radius 1 is 1.43 bits per heavy atom. The summed E-state index contributed by atoms with van der Waals surface area (Å²) in [6.07, 6.45) is 0. The number of aromatic nitrogens is 1. The Labute approximate surface area is 129 Å². The molecule has 0 fully saturated rings. The van der Waals surface area contributed by atoms with E-state index in [4.69, 9.17) is 4.74 Å². The number of hydrogen-bond acceptors (Lipinski definition) is 4. The molecular weight excluding hydrogens is 284 g/mol. The van der Waals surface area contributed by atoms with Crippen LogP contribution in [-0.4, -0.2) is 18.0 Å². The van der Waals surface area contributed by atoms with E-state index < -0.39 is 0 Å². The van der Waals surface area contributed by atoms with E-state index in [0.717, 1.165) is 22.0 Å². The fourth-order valence-corrected chi connectivity index (χ4v) is 2.91. The van der Waals surface area contributed by atoms with Gasteiger partial charge in [0.15, 0.2) is 0 Å². The van der Waals surface area contributed by atoms with Gasteiger partial charge in [0.05, 0.1) is 17.8 Å². The molecule has 21 heavy (non-hydrogen) atoms. The Morgan fingerprint density at radius 2 is 2.19 bits per heavy atom. The minimum atomic E-state index is -0.0697. The molecule has 0 unspecified atom stereocenters. The fraction of sp³-hybridized carbons (Fsp3) is 0.375. The molecule has 2 rings (SSSR count). The van der Waals surface area contributed by atoms with Gasteiger partial charge in [-0.2, -0.15) is 0 Å². The fourth-order valence-electron chi connectivity index (χ4n) is 1.92. The summed E-state index contributed by atoms with van der Waals surface area (Å²) in [5, 5.41) is 3.93. The number of amides is 1. The van der Waals surface area contributed by atoms with Crippen molar-refractivity contribution in [3.8, 4) is 5.75 Å². The Morgan fingerprint density at radius 3 is 2.81 bits per heavy atom. The second-order valence-corrected chi connectivity index (χ2v) is 6.19. The summed E-state index contributed by atoms with van der Waals surface area (Å²) in [5.41, 5.74) is 1.81. The minimum Gasteiger partial charge on any atom is -0.497 e. The third-order valence-corrected chi connectivity index (χ3v) is 4.56. The zero-order valence-electron chi connectivity index (χ0n) is 12.8. The monoisotopic (exact) mass is 304 g/mol. The van der Waals surface area contributed by atoms with E-state index in [1.54, 1.807) is 7.11 Å². The average Bonchev–Trinajstić information content (AvgIpc) is 2.87. The third-order valence-electron chi connectivity index (χ3n) is 3.10. The number of carbonyl (C=O) groups is 1. The van der Waals surface area contributed by atoms with Gasteiger partial charge in [-0.25, -0.2) is 4.98 Å². The molecule has 0 aliphatic heterocycles. The van der Waals surface area contributed by atoms with Crippen molar-refractivity contribution in [1.82, 2.24) is 10.3 Å². The molecule has 112 valence electrons. The van der Waals surface area contributed by atoms with Crippen molar-refractivity contribution >= 4 is 17.2 Å². The summed E-state index contributed by atoms with van der Waals surface area (Å²) < 4.78 is 5.17. The van der Waals surface area contributed by atoms with Crippen LogP contribution in [0.5, 0.6) is 5.75 Å². The van der Waals surface area contributed by atoms with Crippen LogP contribution < -0.4 is 10.1 Å². The second-order valence-electron chi connectivity index (χ2n) is 5.16. The van der Waals surface area contributed by atoms with Crippen LogP contribution in [0.4, 0.5) is 0 Å². The number of benzene rings is 1. The highest BCUT2D eigenvalue weighted by atomic mass is 32.1. The molecule has 0 aliphatic rings. The van der Waals surface area contributed by atoms with Gasteiger partial charge in [-0.3, -0.25) is 4.79 Å². The van der Waals surface area contributed by atoms with E-state index in [2.05, 4.69) is 24.1 Å². The average molecular weight is 304 g/mol. The predicted molar refractivity (Wildman–Crippen MR) is 85.1 cm³/mol. The molecule has 1 N–H and O–H groups in total. The summed E-state index contributed by atoms with van der Waals surface area (Å²) in [7, 11) is 1.63. The molecule has 0 saturated heterocycles. The SMILES string of the molecule is COc1cccc(CNC(=O)c2sc(C(C)C)nc2C)c1. The Hall–Kier alpha value is -1.88. The maximum atomic E-state index is 12.3. The standard InChI is InChI=1S/C16H20N2O2S/c1-10(2)16-18-11(3)14(21-16)15(19)17-9-12-6-5-7-13(8-12)20-4/h5-8,10H,9H2,1-4H3,(H,17,19). The first-order valence-corrected chi connectivity index (χ1v) is 7.71. The van der Waals surface area contributed by atoms with Crippen LogP contribution in [0.15, 0.2) is 24.3 Å². The van der Waals surface area contributed by atoms with Gasteiger partial charge in [-0.05, 0) is 24.6 Å². The van der Waals surface area contributed by atoms with Gasteiger partial charge in [0, 0.05) is 12.5 Å². The Kier molecular flexibility index (Phi) is 4.96. The first-order valence-electron chi connectivity index (χ1n) is 6.89. The van der Waals surface area contributed by atoms with Crippen LogP contribution in [0.3, 0.4) is 0 Å². The molecule has 0 saturated carbocycles. The number of thiazole rings is 1. The predicted octanol–water partition coefficient (Wildman–Crippen LogP) is 3.51. The van der Waals surface area contributed by atoms with Crippen molar-refractivity contribution < 1.29 is 9.53 Å². The van der Waals surface area contributed by atoms with Gasteiger partial charge in [-0.1, -0.05) is 26.0 Å². The first-order chi connectivity index (χ1) is 10.0. The van der Waals surface area contributed by atoms with E-state index in [1.165, 1.54) is 11.3 Å². The molecule has 0 aliphatic carbocycles. The van der Waals surface area contributed by atoms with Crippen LogP contribution in [0.2, 0.25) is 0 Å². The summed E-state index contributed by atoms with van der Waals surface area (Å²) >= 11 is 1.47. The van der Waals surface area contributed by atoms with Gasteiger partial charge >= 0.3 is 0 Å². The second kappa shape index (κ2) is 6.72. The van der Waals surface area contributed by atoms with E-state index in [0.29, 0.717) is 17.3 Å². The molecular formula is C16H20N2O2S. The van der Waals surface area contributed by atoms with Crippen LogP contribution in [0, 0.1) is 6.92 Å². The molecule has 1 aromatic carbocycles. The van der Waals surface area contributed by atoms with E-state index >= 15 is 0 Å². The molecule has 0 bridgehead atoms. The van der Waals surface area contributed by atoms with Gasteiger partial charge in [-0.15, -0.1) is 11.3 Å². The number of methoxy groups -OCH3 is 1. The number of ether oxygens (including phenoxy) is 1. The topological polar surface area (TPSA) is 51.2 Å². The highest BCUT2D eigenvalue weighted by Crippen LogP contribution is 2.24. The lowest BCUT2D eigenvalue weighted by molar-refractivity contribution is 0.0954. The summed E-state index contributed by atoms with van der Waals surface area (Å²) in [6, 6.07) is 7.67. The zero-order valence-corrected chi connectivity index (χ0v) is 13.6. The molecule has 2 aromatic rings. The summed E-state index contributed by atoms with van der Waals surface area (Å²) in [6.45, 7) is 6.51. The summed E-state index contributed by atoms with van der Waals surface area (Å²) in [4.78, 5) is 17.4. The molecule has 5 heteroatoms. The number of rotatable bonds is 5.